The van der Waals surface area contributed by atoms with Gasteiger partial charge in [0, 0.05) is 12.5 Å². The van der Waals surface area contributed by atoms with Crippen molar-refractivity contribution in [2.75, 3.05) is 13.2 Å². The Balaban J connectivity index is 1.43. The van der Waals surface area contributed by atoms with Crippen molar-refractivity contribution in [2.24, 2.45) is 5.73 Å². The van der Waals surface area contributed by atoms with Crippen LogP contribution in [0.3, 0.4) is 0 Å². The van der Waals surface area contributed by atoms with Gasteiger partial charge in [0.15, 0.2) is 0 Å². The van der Waals surface area contributed by atoms with E-state index in [4.69, 9.17) is 15.6 Å². The molecule has 2 aromatic rings. The highest BCUT2D eigenvalue weighted by Gasteiger charge is 2.29. The molecule has 0 heterocycles. The molecule has 5 N–H and O–H groups in total. The normalized spacial score (nSPS) is 14.1. The van der Waals surface area contributed by atoms with E-state index in [1.165, 1.54) is 0 Å². The molecular formula is C24H29N3O5. The molecule has 0 saturated heterocycles. The monoisotopic (exact) mass is 439 g/mol. The largest absolute Gasteiger partial charge is 0.480 e. The van der Waals surface area contributed by atoms with Gasteiger partial charge in [0.25, 0.3) is 0 Å². The van der Waals surface area contributed by atoms with Crippen molar-refractivity contribution in [3.8, 4) is 11.1 Å². The first-order valence-corrected chi connectivity index (χ1v) is 10.8. The van der Waals surface area contributed by atoms with Gasteiger partial charge in [0.1, 0.15) is 18.7 Å². The molecule has 0 aliphatic heterocycles. The first-order valence-electron chi connectivity index (χ1n) is 10.8. The molecule has 2 amide bonds. The Morgan fingerprint density at radius 1 is 1.03 bits per heavy atom. The lowest BCUT2D eigenvalue weighted by molar-refractivity contribution is -0.138. The van der Waals surface area contributed by atoms with Gasteiger partial charge in [0.2, 0.25) is 5.91 Å². The number of unbranched alkanes of at least 4 members (excludes halogenated alkanes) is 1. The number of rotatable bonds is 10. The summed E-state index contributed by atoms with van der Waals surface area (Å²) in [6, 6.07) is 14.5. The van der Waals surface area contributed by atoms with E-state index in [-0.39, 0.29) is 18.4 Å². The van der Waals surface area contributed by atoms with Gasteiger partial charge >= 0.3 is 12.1 Å². The van der Waals surface area contributed by atoms with Crippen LogP contribution in [0.15, 0.2) is 48.5 Å². The van der Waals surface area contributed by atoms with E-state index in [1.807, 2.05) is 36.4 Å². The summed E-state index contributed by atoms with van der Waals surface area (Å²) in [4.78, 5) is 35.1. The number of carboxylic acid groups (broad SMARTS) is 1. The van der Waals surface area contributed by atoms with Gasteiger partial charge < -0.3 is 26.2 Å². The van der Waals surface area contributed by atoms with E-state index >= 15 is 0 Å². The molecule has 0 radical (unpaired) electrons. The number of nitrogens with one attached hydrogen (secondary N) is 2. The predicted octanol–water partition coefficient (Wildman–Crippen LogP) is 2.61. The molecule has 2 atom stereocenters. The summed E-state index contributed by atoms with van der Waals surface area (Å²) >= 11 is 0. The van der Waals surface area contributed by atoms with Crippen molar-refractivity contribution < 1.29 is 24.2 Å². The lowest BCUT2D eigenvalue weighted by atomic mass is 9.98. The van der Waals surface area contributed by atoms with Gasteiger partial charge in [-0.3, -0.25) is 9.59 Å². The lowest BCUT2D eigenvalue weighted by Crippen LogP contribution is -2.45. The van der Waals surface area contributed by atoms with Gasteiger partial charge in [0.05, 0.1) is 0 Å². The van der Waals surface area contributed by atoms with Crippen molar-refractivity contribution in [3.05, 3.63) is 59.7 Å². The molecule has 1 aliphatic carbocycles. The smallest absolute Gasteiger partial charge is 0.407 e. The van der Waals surface area contributed by atoms with Crippen LogP contribution < -0.4 is 16.4 Å². The average molecular weight is 440 g/mol. The van der Waals surface area contributed by atoms with Crippen LogP contribution in [0.5, 0.6) is 0 Å². The Labute approximate surface area is 187 Å². The maximum absolute atomic E-state index is 12.3. The third kappa shape index (κ3) is 5.64. The first kappa shape index (κ1) is 23.3. The topological polar surface area (TPSA) is 131 Å². The van der Waals surface area contributed by atoms with Crippen LogP contribution in [0, 0.1) is 0 Å². The number of carbonyl (C=O) groups is 3. The minimum absolute atomic E-state index is 0.0468. The molecule has 0 spiro atoms. The average Bonchev–Trinajstić information content (AvgIpc) is 3.10. The third-order valence-corrected chi connectivity index (χ3v) is 5.63. The van der Waals surface area contributed by atoms with Gasteiger partial charge in [-0.05, 0) is 48.4 Å². The Kier molecular flexibility index (Phi) is 7.83. The molecule has 0 bridgehead atoms. The van der Waals surface area contributed by atoms with Crippen LogP contribution in [0.4, 0.5) is 4.79 Å². The fourth-order valence-electron chi connectivity index (χ4n) is 3.86. The van der Waals surface area contributed by atoms with E-state index in [2.05, 4.69) is 22.8 Å². The zero-order valence-electron chi connectivity index (χ0n) is 18.0. The molecule has 3 rings (SSSR count). The van der Waals surface area contributed by atoms with Crippen molar-refractivity contribution >= 4 is 18.0 Å². The minimum atomic E-state index is -1.03. The van der Waals surface area contributed by atoms with E-state index in [0.717, 1.165) is 22.3 Å². The number of hydrogen-bond acceptors (Lipinski definition) is 5. The Morgan fingerprint density at radius 2 is 1.62 bits per heavy atom. The number of fused-ring (bicyclic) bond motifs is 3. The van der Waals surface area contributed by atoms with Crippen LogP contribution in [-0.4, -0.2) is 48.3 Å². The van der Waals surface area contributed by atoms with Crippen LogP contribution in [0.1, 0.15) is 43.2 Å². The number of ether oxygens (including phenoxy) is 1. The van der Waals surface area contributed by atoms with E-state index in [1.54, 1.807) is 6.92 Å². The quantitative estimate of drug-likeness (QED) is 0.421. The number of alkyl carbamates (subject to hydrolysis) is 1. The summed E-state index contributed by atoms with van der Waals surface area (Å²) in [7, 11) is 0. The summed E-state index contributed by atoms with van der Waals surface area (Å²) in [5.41, 5.74) is 9.98. The third-order valence-electron chi connectivity index (χ3n) is 5.63. The van der Waals surface area contributed by atoms with Crippen LogP contribution in [0.25, 0.3) is 11.1 Å². The number of benzene rings is 2. The molecule has 8 heteroatoms. The van der Waals surface area contributed by atoms with Crippen molar-refractivity contribution in [2.45, 2.75) is 44.2 Å². The standard InChI is InChI=1S/C24H29N3O5/c1-15(22(28)26-13-7-6-12-21(25)23(29)30)27-24(31)32-14-20-18-10-4-2-8-16(18)17-9-3-5-11-19(17)20/h2-5,8-11,15,20-21H,6-7,12-14,25H2,1H3,(H,26,28)(H,27,31)(H,29,30)/t15-,21-/m0/s1. The summed E-state index contributed by atoms with van der Waals surface area (Å²) in [5, 5.41) is 14.0. The maximum Gasteiger partial charge on any atom is 0.407 e. The fourth-order valence-corrected chi connectivity index (χ4v) is 3.86. The highest BCUT2D eigenvalue weighted by atomic mass is 16.5. The van der Waals surface area contributed by atoms with Gasteiger partial charge in [-0.1, -0.05) is 48.5 Å². The highest BCUT2D eigenvalue weighted by molar-refractivity contribution is 5.85. The number of carbonyl (C=O) groups excluding carboxylic acids is 2. The van der Waals surface area contributed by atoms with Crippen LogP contribution >= 0.6 is 0 Å². The molecule has 170 valence electrons. The number of carboxylic acids is 1. The van der Waals surface area contributed by atoms with Crippen LogP contribution in [-0.2, 0) is 14.3 Å². The van der Waals surface area contributed by atoms with E-state index in [9.17, 15) is 14.4 Å². The summed E-state index contributed by atoms with van der Waals surface area (Å²) in [6.07, 6.45) is 0.882. The molecule has 1 aliphatic rings. The van der Waals surface area contributed by atoms with Crippen molar-refractivity contribution in [3.63, 3.8) is 0 Å². The van der Waals surface area contributed by atoms with Gasteiger partial charge in [-0.2, -0.15) is 0 Å². The van der Waals surface area contributed by atoms with Crippen LogP contribution in [0.2, 0.25) is 0 Å². The Morgan fingerprint density at radius 3 is 2.22 bits per heavy atom. The molecule has 0 saturated carbocycles. The second-order valence-electron chi connectivity index (χ2n) is 7.92. The van der Waals surface area contributed by atoms with Crippen molar-refractivity contribution in [1.29, 1.82) is 0 Å². The molecule has 0 unspecified atom stereocenters. The Bertz CT molecular complexity index is 932. The molecule has 0 aromatic heterocycles. The summed E-state index contributed by atoms with van der Waals surface area (Å²) < 4.78 is 5.45. The minimum Gasteiger partial charge on any atom is -0.480 e. The number of nitrogens with two attached hydrogens (primary N) is 1. The predicted molar refractivity (Wildman–Crippen MR) is 120 cm³/mol. The second kappa shape index (κ2) is 10.8. The summed E-state index contributed by atoms with van der Waals surface area (Å²) in [5.74, 6) is -1.41. The molecule has 8 nitrogen and oxygen atoms in total. The molecule has 32 heavy (non-hydrogen) atoms. The number of hydrogen-bond donors (Lipinski definition) is 4. The van der Waals surface area contributed by atoms with E-state index in [0.29, 0.717) is 25.8 Å². The Hall–Kier alpha value is -3.39. The highest BCUT2D eigenvalue weighted by Crippen LogP contribution is 2.44. The first-order chi connectivity index (χ1) is 15.4. The molecule has 2 aromatic carbocycles. The summed E-state index contributed by atoms with van der Waals surface area (Å²) in [6.45, 7) is 2.14. The SMILES string of the molecule is C[C@H](NC(=O)OCC1c2ccccc2-c2ccccc21)C(=O)NCCCC[C@H](N)C(=O)O. The maximum atomic E-state index is 12.3. The lowest BCUT2D eigenvalue weighted by Gasteiger charge is -2.17. The number of amides is 2. The van der Waals surface area contributed by atoms with Gasteiger partial charge in [-0.25, -0.2) is 4.79 Å². The van der Waals surface area contributed by atoms with E-state index < -0.39 is 24.1 Å². The zero-order chi connectivity index (χ0) is 23.1. The zero-order valence-corrected chi connectivity index (χ0v) is 18.0. The molecule has 0 fully saturated rings. The van der Waals surface area contributed by atoms with Crippen molar-refractivity contribution in [1.82, 2.24) is 10.6 Å². The second-order valence-corrected chi connectivity index (χ2v) is 7.92. The van der Waals surface area contributed by atoms with Gasteiger partial charge in [-0.15, -0.1) is 0 Å². The number of aliphatic carboxylic acids is 1. The fraction of sp³-hybridized carbons (Fsp3) is 0.375. The molecular weight excluding hydrogens is 410 g/mol.